The fraction of sp³-hybridized carbons (Fsp3) is 0.300. The molecule has 6 nitrogen and oxygen atoms in total. The normalized spacial score (nSPS) is 10.9. The topological polar surface area (TPSA) is 63.9 Å². The summed E-state index contributed by atoms with van der Waals surface area (Å²) in [5.41, 5.74) is 4.31. The molecule has 0 fully saturated rings. The second-order valence-corrected chi connectivity index (χ2v) is 8.37. The Balaban J connectivity index is 1.62. The predicted octanol–water partition coefficient (Wildman–Crippen LogP) is 3.75. The number of carbonyl (C=O) groups excluding carboxylic acids is 1. The maximum Gasteiger partial charge on any atom is 0.233 e. The summed E-state index contributed by atoms with van der Waals surface area (Å²) in [6.45, 7) is 4.66. The number of aryl methyl sites for hydroxylation is 2. The van der Waals surface area contributed by atoms with Gasteiger partial charge in [0.2, 0.25) is 11.1 Å². The zero-order valence-corrected chi connectivity index (χ0v) is 18.0. The van der Waals surface area contributed by atoms with E-state index in [4.69, 9.17) is 0 Å². The van der Waals surface area contributed by atoms with Gasteiger partial charge in [0.25, 0.3) is 0 Å². The lowest BCUT2D eigenvalue weighted by Crippen LogP contribution is -2.27. The van der Waals surface area contributed by atoms with Crippen molar-refractivity contribution in [1.82, 2.24) is 25.1 Å². The number of tetrazole rings is 1. The molecule has 0 radical (unpaired) electrons. The quantitative estimate of drug-likeness (QED) is 0.550. The van der Waals surface area contributed by atoms with Crippen molar-refractivity contribution in [2.75, 3.05) is 19.1 Å². The Hall–Kier alpha value is -2.32. The van der Waals surface area contributed by atoms with Gasteiger partial charge in [-0.25, -0.2) is 0 Å². The molecule has 3 rings (SSSR count). The van der Waals surface area contributed by atoms with Crippen LogP contribution in [0.25, 0.3) is 5.69 Å². The third-order valence-electron chi connectivity index (χ3n) is 4.35. The largest absolute Gasteiger partial charge is 0.341 e. The number of carbonyl (C=O) groups is 1. The number of aromatic nitrogens is 4. The van der Waals surface area contributed by atoms with Crippen molar-refractivity contribution in [2.45, 2.75) is 30.4 Å². The number of thioether (sulfide) groups is 2. The van der Waals surface area contributed by atoms with Crippen LogP contribution in [-0.4, -0.2) is 50.1 Å². The van der Waals surface area contributed by atoms with Crippen molar-refractivity contribution in [1.29, 1.82) is 0 Å². The number of hydrogen-bond donors (Lipinski definition) is 0. The van der Waals surface area contributed by atoms with Gasteiger partial charge in [-0.2, -0.15) is 4.68 Å². The van der Waals surface area contributed by atoms with E-state index >= 15 is 0 Å². The van der Waals surface area contributed by atoms with Gasteiger partial charge in [-0.05, 0) is 59.9 Å². The molecule has 0 atom stereocenters. The van der Waals surface area contributed by atoms with E-state index in [-0.39, 0.29) is 11.7 Å². The van der Waals surface area contributed by atoms with Crippen LogP contribution in [0.5, 0.6) is 0 Å². The molecule has 0 N–H and O–H groups in total. The first-order chi connectivity index (χ1) is 13.5. The van der Waals surface area contributed by atoms with Gasteiger partial charge in [-0.3, -0.25) is 4.79 Å². The highest BCUT2D eigenvalue weighted by molar-refractivity contribution is 7.99. The average Bonchev–Trinajstić information content (AvgIpc) is 3.15. The fourth-order valence-corrected chi connectivity index (χ4v) is 4.03. The van der Waals surface area contributed by atoms with Gasteiger partial charge in [0, 0.05) is 18.5 Å². The van der Waals surface area contributed by atoms with Gasteiger partial charge in [-0.15, -0.1) is 16.9 Å². The number of rotatable bonds is 7. The minimum absolute atomic E-state index is 0.0362. The predicted molar refractivity (Wildman–Crippen MR) is 114 cm³/mol. The van der Waals surface area contributed by atoms with E-state index in [0.717, 1.165) is 16.8 Å². The Kier molecular flexibility index (Phi) is 6.74. The molecule has 28 heavy (non-hydrogen) atoms. The third-order valence-corrected chi connectivity index (χ3v) is 6.00. The summed E-state index contributed by atoms with van der Waals surface area (Å²) in [7, 11) is 1.82. The lowest BCUT2D eigenvalue weighted by Gasteiger charge is -2.17. The Morgan fingerprint density at radius 3 is 2.57 bits per heavy atom. The number of amides is 1. The monoisotopic (exact) mass is 413 g/mol. The second kappa shape index (κ2) is 9.25. The minimum atomic E-state index is 0.0362. The zero-order chi connectivity index (χ0) is 20.1. The van der Waals surface area contributed by atoms with Crippen LogP contribution in [-0.2, 0) is 11.3 Å². The Morgan fingerprint density at radius 2 is 1.89 bits per heavy atom. The van der Waals surface area contributed by atoms with E-state index in [1.807, 2.05) is 32.4 Å². The lowest BCUT2D eigenvalue weighted by atomic mass is 10.1. The van der Waals surface area contributed by atoms with Gasteiger partial charge in [0.15, 0.2) is 0 Å². The highest BCUT2D eigenvalue weighted by Gasteiger charge is 2.15. The van der Waals surface area contributed by atoms with Crippen molar-refractivity contribution in [3.8, 4) is 5.69 Å². The molecule has 8 heteroatoms. The molecule has 0 bridgehead atoms. The van der Waals surface area contributed by atoms with Crippen molar-refractivity contribution < 1.29 is 4.79 Å². The van der Waals surface area contributed by atoms with E-state index in [1.54, 1.807) is 21.3 Å². The van der Waals surface area contributed by atoms with Crippen LogP contribution in [0.1, 0.15) is 16.7 Å². The Morgan fingerprint density at radius 1 is 1.14 bits per heavy atom. The summed E-state index contributed by atoms with van der Waals surface area (Å²) in [5.74, 6) is 0.319. The molecule has 0 aliphatic carbocycles. The Labute approximate surface area is 173 Å². The lowest BCUT2D eigenvalue weighted by molar-refractivity contribution is -0.127. The summed E-state index contributed by atoms with van der Waals surface area (Å²) in [4.78, 5) is 15.5. The highest BCUT2D eigenvalue weighted by atomic mass is 32.2. The van der Waals surface area contributed by atoms with Gasteiger partial charge < -0.3 is 4.90 Å². The van der Waals surface area contributed by atoms with E-state index in [1.165, 1.54) is 22.2 Å². The number of nitrogens with zero attached hydrogens (tertiary/aromatic N) is 5. The van der Waals surface area contributed by atoms with Crippen LogP contribution in [0.4, 0.5) is 0 Å². The molecule has 1 heterocycles. The minimum Gasteiger partial charge on any atom is -0.341 e. The SMILES string of the molecule is CSc1ccc(CN(C)C(=O)CSc2nnnn2-c2ccc(C)cc2C)cc1. The summed E-state index contributed by atoms with van der Waals surface area (Å²) in [5, 5.41) is 12.6. The van der Waals surface area contributed by atoms with Crippen molar-refractivity contribution in [2.24, 2.45) is 0 Å². The first-order valence-corrected chi connectivity index (χ1v) is 11.0. The van der Waals surface area contributed by atoms with Crippen LogP contribution in [0, 0.1) is 13.8 Å². The van der Waals surface area contributed by atoms with Gasteiger partial charge in [0.05, 0.1) is 11.4 Å². The number of hydrogen-bond acceptors (Lipinski definition) is 6. The van der Waals surface area contributed by atoms with E-state index in [0.29, 0.717) is 11.7 Å². The molecule has 0 aliphatic heterocycles. The average molecular weight is 414 g/mol. The van der Waals surface area contributed by atoms with Gasteiger partial charge in [0.1, 0.15) is 0 Å². The first kappa shape index (κ1) is 20.4. The van der Waals surface area contributed by atoms with Crippen molar-refractivity contribution in [3.63, 3.8) is 0 Å². The number of benzene rings is 2. The molecule has 1 amide bonds. The smallest absolute Gasteiger partial charge is 0.233 e. The molecular formula is C20H23N5OS2. The molecule has 0 unspecified atom stereocenters. The van der Waals surface area contributed by atoms with Crippen LogP contribution in [0.15, 0.2) is 52.5 Å². The molecule has 2 aromatic carbocycles. The summed E-state index contributed by atoms with van der Waals surface area (Å²) < 4.78 is 1.69. The van der Waals surface area contributed by atoms with E-state index in [2.05, 4.69) is 52.8 Å². The molecule has 0 aliphatic rings. The summed E-state index contributed by atoms with van der Waals surface area (Å²) in [6, 6.07) is 14.4. The molecular weight excluding hydrogens is 390 g/mol. The summed E-state index contributed by atoms with van der Waals surface area (Å²) in [6.07, 6.45) is 2.05. The maximum atomic E-state index is 12.5. The molecule has 0 saturated heterocycles. The molecule has 0 saturated carbocycles. The Bertz CT molecular complexity index is 955. The van der Waals surface area contributed by atoms with Crippen molar-refractivity contribution >= 4 is 29.4 Å². The van der Waals surface area contributed by atoms with Crippen LogP contribution < -0.4 is 0 Å². The van der Waals surface area contributed by atoms with E-state index < -0.39 is 0 Å². The first-order valence-electron chi connectivity index (χ1n) is 8.83. The van der Waals surface area contributed by atoms with Crippen LogP contribution >= 0.6 is 23.5 Å². The third kappa shape index (κ3) is 4.94. The molecule has 3 aromatic rings. The standard InChI is InChI=1S/C20H23N5OS2/c1-14-5-10-18(15(2)11-14)25-20(21-22-23-25)28-13-19(26)24(3)12-16-6-8-17(27-4)9-7-16/h5-11H,12-13H2,1-4H3. The molecule has 1 aromatic heterocycles. The highest BCUT2D eigenvalue weighted by Crippen LogP contribution is 2.22. The van der Waals surface area contributed by atoms with Crippen LogP contribution in [0.2, 0.25) is 0 Å². The van der Waals surface area contributed by atoms with Gasteiger partial charge in [-0.1, -0.05) is 41.6 Å². The maximum absolute atomic E-state index is 12.5. The second-order valence-electron chi connectivity index (χ2n) is 6.55. The zero-order valence-electron chi connectivity index (χ0n) is 16.4. The van der Waals surface area contributed by atoms with Gasteiger partial charge >= 0.3 is 0 Å². The molecule has 0 spiro atoms. The molecule has 146 valence electrons. The fourth-order valence-electron chi connectivity index (χ4n) is 2.79. The van der Waals surface area contributed by atoms with E-state index in [9.17, 15) is 4.79 Å². The van der Waals surface area contributed by atoms with Crippen molar-refractivity contribution in [3.05, 3.63) is 59.2 Å². The van der Waals surface area contributed by atoms with Crippen LogP contribution in [0.3, 0.4) is 0 Å². The summed E-state index contributed by atoms with van der Waals surface area (Å²) >= 11 is 3.05.